The highest BCUT2D eigenvalue weighted by Crippen LogP contribution is 2.20. The Bertz CT molecular complexity index is 321. The van der Waals surface area contributed by atoms with E-state index in [1.807, 2.05) is 6.20 Å². The van der Waals surface area contributed by atoms with Crippen molar-refractivity contribution in [2.45, 2.75) is 45.7 Å². The molecular formula is C14H26N4. The third kappa shape index (κ3) is 3.82. The quantitative estimate of drug-likeness (QED) is 0.812. The number of hydrogen-bond acceptors (Lipinski definition) is 3. The smallest absolute Gasteiger partial charge is 0.0922 e. The molecule has 2 rings (SSSR count). The van der Waals surface area contributed by atoms with Crippen LogP contribution in [0.1, 0.15) is 38.8 Å². The van der Waals surface area contributed by atoms with Crippen LogP contribution in [-0.2, 0) is 6.54 Å². The summed E-state index contributed by atoms with van der Waals surface area (Å²) in [5.41, 5.74) is 1.17. The van der Waals surface area contributed by atoms with E-state index in [0.29, 0.717) is 6.04 Å². The summed E-state index contributed by atoms with van der Waals surface area (Å²) in [6.07, 6.45) is 7.61. The highest BCUT2D eigenvalue weighted by Gasteiger charge is 2.23. The van der Waals surface area contributed by atoms with Crippen LogP contribution in [0.4, 0.5) is 0 Å². The number of likely N-dealkylation sites (tertiary alicyclic amines) is 1. The Morgan fingerprint density at radius 1 is 1.61 bits per heavy atom. The van der Waals surface area contributed by atoms with Crippen LogP contribution in [0.3, 0.4) is 0 Å². The molecule has 2 atom stereocenters. The Morgan fingerprint density at radius 3 is 3.22 bits per heavy atom. The molecule has 1 aromatic heterocycles. The fourth-order valence-electron chi connectivity index (χ4n) is 2.84. The average Bonchev–Trinajstić information content (AvgIpc) is 2.90. The van der Waals surface area contributed by atoms with Gasteiger partial charge < -0.3 is 15.2 Å². The van der Waals surface area contributed by atoms with Crippen LogP contribution in [0.25, 0.3) is 0 Å². The van der Waals surface area contributed by atoms with E-state index in [1.165, 1.54) is 44.6 Å². The lowest BCUT2D eigenvalue weighted by molar-refractivity contribution is 0.150. The molecule has 102 valence electrons. The number of nitrogens with zero attached hydrogens (tertiary/aromatic N) is 2. The van der Waals surface area contributed by atoms with Crippen LogP contribution in [-0.4, -0.2) is 40.5 Å². The third-order valence-corrected chi connectivity index (χ3v) is 3.96. The minimum absolute atomic E-state index is 0.577. The largest absolute Gasteiger partial charge is 0.347 e. The predicted molar refractivity (Wildman–Crippen MR) is 74.3 cm³/mol. The number of rotatable bonds is 6. The molecular weight excluding hydrogens is 224 g/mol. The van der Waals surface area contributed by atoms with Gasteiger partial charge in [0, 0.05) is 31.0 Å². The Labute approximate surface area is 110 Å². The monoisotopic (exact) mass is 250 g/mol. The summed E-state index contributed by atoms with van der Waals surface area (Å²) in [6.45, 7) is 9.28. The lowest BCUT2D eigenvalue weighted by Gasteiger charge is -2.36. The van der Waals surface area contributed by atoms with E-state index in [4.69, 9.17) is 0 Å². The number of hydrogen-bond donors (Lipinski definition) is 2. The third-order valence-electron chi connectivity index (χ3n) is 3.96. The van der Waals surface area contributed by atoms with E-state index >= 15 is 0 Å². The lowest BCUT2D eigenvalue weighted by Crippen LogP contribution is -2.44. The van der Waals surface area contributed by atoms with Crippen molar-refractivity contribution in [3.63, 3.8) is 0 Å². The summed E-state index contributed by atoms with van der Waals surface area (Å²) in [5, 5.41) is 3.62. The molecule has 0 aliphatic carbocycles. The van der Waals surface area contributed by atoms with Crippen LogP contribution < -0.4 is 5.32 Å². The highest BCUT2D eigenvalue weighted by atomic mass is 15.1. The van der Waals surface area contributed by atoms with Crippen LogP contribution in [0.2, 0.25) is 0 Å². The molecule has 0 saturated carbocycles. The van der Waals surface area contributed by atoms with Crippen LogP contribution in [0, 0.1) is 5.92 Å². The van der Waals surface area contributed by atoms with Gasteiger partial charge in [-0.15, -0.1) is 0 Å². The predicted octanol–water partition coefficient (Wildman–Crippen LogP) is 2.01. The van der Waals surface area contributed by atoms with Crippen molar-refractivity contribution >= 4 is 0 Å². The van der Waals surface area contributed by atoms with Gasteiger partial charge in [0.2, 0.25) is 0 Å². The van der Waals surface area contributed by atoms with Crippen LogP contribution >= 0.6 is 0 Å². The molecule has 4 heteroatoms. The molecule has 0 bridgehead atoms. The summed E-state index contributed by atoms with van der Waals surface area (Å²) in [4.78, 5) is 9.80. The SMILES string of the molecule is CCCN1CCCC(C(C)NCc2cnc[nH]2)C1. The minimum atomic E-state index is 0.577. The van der Waals surface area contributed by atoms with Gasteiger partial charge in [0.25, 0.3) is 0 Å². The van der Waals surface area contributed by atoms with Crippen molar-refractivity contribution in [1.29, 1.82) is 0 Å². The second kappa shape index (κ2) is 6.90. The number of piperidine rings is 1. The van der Waals surface area contributed by atoms with E-state index in [1.54, 1.807) is 6.33 Å². The van der Waals surface area contributed by atoms with Gasteiger partial charge in [0.15, 0.2) is 0 Å². The van der Waals surface area contributed by atoms with Crippen molar-refractivity contribution in [2.24, 2.45) is 5.92 Å². The van der Waals surface area contributed by atoms with E-state index in [0.717, 1.165) is 12.5 Å². The maximum absolute atomic E-state index is 4.05. The average molecular weight is 250 g/mol. The van der Waals surface area contributed by atoms with Gasteiger partial charge in [0.1, 0.15) is 0 Å². The van der Waals surface area contributed by atoms with Gasteiger partial charge in [-0.05, 0) is 45.2 Å². The minimum Gasteiger partial charge on any atom is -0.347 e. The molecule has 2 heterocycles. The summed E-state index contributed by atoms with van der Waals surface area (Å²) in [5.74, 6) is 0.785. The summed E-state index contributed by atoms with van der Waals surface area (Å²) in [7, 11) is 0. The van der Waals surface area contributed by atoms with E-state index < -0.39 is 0 Å². The molecule has 1 aliphatic heterocycles. The topological polar surface area (TPSA) is 44.0 Å². The summed E-state index contributed by atoms with van der Waals surface area (Å²) >= 11 is 0. The first kappa shape index (κ1) is 13.6. The molecule has 18 heavy (non-hydrogen) atoms. The Kier molecular flexibility index (Phi) is 5.20. The van der Waals surface area contributed by atoms with Crippen molar-refractivity contribution in [3.05, 3.63) is 18.2 Å². The normalized spacial score (nSPS) is 23.1. The molecule has 0 spiro atoms. The van der Waals surface area contributed by atoms with E-state index in [9.17, 15) is 0 Å². The Hall–Kier alpha value is -0.870. The second-order valence-electron chi connectivity index (χ2n) is 5.45. The number of aromatic amines is 1. The molecule has 2 unspecified atom stereocenters. The number of imidazole rings is 1. The van der Waals surface area contributed by atoms with Crippen molar-refractivity contribution in [2.75, 3.05) is 19.6 Å². The molecule has 1 aliphatic rings. The number of aromatic nitrogens is 2. The molecule has 2 N–H and O–H groups in total. The molecule has 0 radical (unpaired) electrons. The maximum atomic E-state index is 4.05. The molecule has 1 fully saturated rings. The van der Waals surface area contributed by atoms with Crippen molar-refractivity contribution in [1.82, 2.24) is 20.2 Å². The van der Waals surface area contributed by atoms with Crippen LogP contribution in [0.5, 0.6) is 0 Å². The van der Waals surface area contributed by atoms with Gasteiger partial charge in [-0.3, -0.25) is 0 Å². The fourth-order valence-corrected chi connectivity index (χ4v) is 2.84. The van der Waals surface area contributed by atoms with Crippen molar-refractivity contribution < 1.29 is 0 Å². The first-order valence-corrected chi connectivity index (χ1v) is 7.22. The fraction of sp³-hybridized carbons (Fsp3) is 0.786. The highest BCUT2D eigenvalue weighted by molar-refractivity contribution is 4.94. The van der Waals surface area contributed by atoms with E-state index in [2.05, 4.69) is 34.0 Å². The molecule has 0 amide bonds. The number of H-pyrrole nitrogens is 1. The second-order valence-corrected chi connectivity index (χ2v) is 5.45. The maximum Gasteiger partial charge on any atom is 0.0922 e. The van der Waals surface area contributed by atoms with E-state index in [-0.39, 0.29) is 0 Å². The zero-order chi connectivity index (χ0) is 12.8. The van der Waals surface area contributed by atoms with Gasteiger partial charge in [-0.25, -0.2) is 4.98 Å². The Balaban J connectivity index is 1.75. The van der Waals surface area contributed by atoms with Gasteiger partial charge in [-0.2, -0.15) is 0 Å². The summed E-state index contributed by atoms with van der Waals surface area (Å²) in [6, 6.07) is 0.577. The zero-order valence-corrected chi connectivity index (χ0v) is 11.7. The molecule has 0 aromatic carbocycles. The van der Waals surface area contributed by atoms with Gasteiger partial charge in [-0.1, -0.05) is 6.92 Å². The lowest BCUT2D eigenvalue weighted by atomic mass is 9.91. The van der Waals surface area contributed by atoms with Gasteiger partial charge >= 0.3 is 0 Å². The first-order valence-electron chi connectivity index (χ1n) is 7.22. The van der Waals surface area contributed by atoms with Crippen LogP contribution in [0.15, 0.2) is 12.5 Å². The Morgan fingerprint density at radius 2 is 2.50 bits per heavy atom. The standard InChI is InChI=1S/C14H26N4/c1-3-6-18-7-4-5-13(10-18)12(2)16-9-14-8-15-11-17-14/h8,11-13,16H,3-7,9-10H2,1-2H3,(H,15,17). The molecule has 4 nitrogen and oxygen atoms in total. The summed E-state index contributed by atoms with van der Waals surface area (Å²) < 4.78 is 0. The van der Waals surface area contributed by atoms with Gasteiger partial charge in [0.05, 0.1) is 6.33 Å². The first-order chi connectivity index (χ1) is 8.79. The number of nitrogens with one attached hydrogen (secondary N) is 2. The zero-order valence-electron chi connectivity index (χ0n) is 11.7. The van der Waals surface area contributed by atoms with Crippen molar-refractivity contribution in [3.8, 4) is 0 Å². The molecule has 1 aromatic rings. The molecule has 1 saturated heterocycles.